The van der Waals surface area contributed by atoms with Crippen LogP contribution in [0.2, 0.25) is 15.2 Å². The second-order valence-electron chi connectivity index (χ2n) is 4.32. The van der Waals surface area contributed by atoms with Gasteiger partial charge in [-0.3, -0.25) is 0 Å². The lowest BCUT2D eigenvalue weighted by atomic mass is 10.3. The fourth-order valence-electron chi connectivity index (χ4n) is 1.65. The zero-order valence-corrected chi connectivity index (χ0v) is 13.4. The van der Waals surface area contributed by atoms with E-state index in [9.17, 15) is 0 Å². The molecule has 0 spiro atoms. The number of rotatable bonds is 4. The van der Waals surface area contributed by atoms with Crippen LogP contribution in [-0.2, 0) is 6.42 Å². The molecule has 1 aromatic heterocycles. The van der Waals surface area contributed by atoms with E-state index in [0.717, 1.165) is 12.8 Å². The Hall–Kier alpha value is -1.03. The first-order valence-electron chi connectivity index (χ1n) is 6.16. The highest BCUT2D eigenvalue weighted by Gasteiger charge is 2.12. The van der Waals surface area contributed by atoms with E-state index in [0.29, 0.717) is 38.2 Å². The second kappa shape index (κ2) is 6.61. The van der Waals surface area contributed by atoms with Crippen LogP contribution in [0.5, 0.6) is 11.6 Å². The number of aromatic nitrogens is 2. The van der Waals surface area contributed by atoms with Crippen LogP contribution in [0.1, 0.15) is 24.7 Å². The number of halogens is 3. The molecular weight excluding hydrogens is 319 g/mol. The molecule has 6 heteroatoms. The zero-order valence-electron chi connectivity index (χ0n) is 11.1. The van der Waals surface area contributed by atoms with Crippen LogP contribution in [-0.4, -0.2) is 9.97 Å². The third-order valence-electron chi connectivity index (χ3n) is 2.61. The summed E-state index contributed by atoms with van der Waals surface area (Å²) in [7, 11) is 0. The minimum absolute atomic E-state index is 0.395. The Labute approximate surface area is 132 Å². The molecule has 2 rings (SSSR count). The summed E-state index contributed by atoms with van der Waals surface area (Å²) in [6.45, 7) is 3.86. The zero-order chi connectivity index (χ0) is 14.7. The SMILES string of the molecule is CCCc1nc(Cl)c(C)c(Oc2cc(Cl)cc(Cl)c2)n1. The Morgan fingerprint density at radius 3 is 2.30 bits per heavy atom. The van der Waals surface area contributed by atoms with Crippen LogP contribution >= 0.6 is 34.8 Å². The van der Waals surface area contributed by atoms with Gasteiger partial charge in [-0.05, 0) is 31.5 Å². The normalized spacial score (nSPS) is 10.7. The van der Waals surface area contributed by atoms with Crippen LogP contribution in [0.25, 0.3) is 0 Å². The van der Waals surface area contributed by atoms with Crippen LogP contribution < -0.4 is 4.74 Å². The molecule has 1 aromatic carbocycles. The van der Waals surface area contributed by atoms with Crippen molar-refractivity contribution in [3.05, 3.63) is 44.8 Å². The summed E-state index contributed by atoms with van der Waals surface area (Å²) in [6.07, 6.45) is 1.68. The fraction of sp³-hybridized carbons (Fsp3) is 0.286. The van der Waals surface area contributed by atoms with E-state index >= 15 is 0 Å². The lowest BCUT2D eigenvalue weighted by Gasteiger charge is -2.10. The van der Waals surface area contributed by atoms with Gasteiger partial charge >= 0.3 is 0 Å². The molecule has 0 amide bonds. The quantitative estimate of drug-likeness (QED) is 0.695. The van der Waals surface area contributed by atoms with Gasteiger partial charge in [0.05, 0.1) is 0 Å². The van der Waals surface area contributed by atoms with Crippen LogP contribution in [0.4, 0.5) is 0 Å². The molecule has 106 valence electrons. The number of ether oxygens (including phenoxy) is 1. The standard InChI is InChI=1S/C14H13Cl3N2O/c1-3-4-12-18-13(17)8(2)14(19-12)20-11-6-9(15)5-10(16)7-11/h5-7H,3-4H2,1-2H3. The van der Waals surface area contributed by atoms with Gasteiger partial charge in [0, 0.05) is 22.0 Å². The molecule has 0 fully saturated rings. The smallest absolute Gasteiger partial charge is 0.226 e. The predicted octanol–water partition coefficient (Wildman–Crippen LogP) is 5.49. The van der Waals surface area contributed by atoms with E-state index in [-0.39, 0.29) is 0 Å². The van der Waals surface area contributed by atoms with Gasteiger partial charge in [-0.25, -0.2) is 4.98 Å². The van der Waals surface area contributed by atoms with E-state index < -0.39 is 0 Å². The van der Waals surface area contributed by atoms with Crippen molar-refractivity contribution in [3.8, 4) is 11.6 Å². The highest BCUT2D eigenvalue weighted by atomic mass is 35.5. The minimum Gasteiger partial charge on any atom is -0.438 e. The summed E-state index contributed by atoms with van der Waals surface area (Å²) in [4.78, 5) is 8.60. The number of hydrogen-bond acceptors (Lipinski definition) is 3. The average molecular weight is 332 g/mol. The molecule has 0 bridgehead atoms. The molecule has 0 aliphatic heterocycles. The van der Waals surface area contributed by atoms with Crippen molar-refractivity contribution in [2.75, 3.05) is 0 Å². The minimum atomic E-state index is 0.395. The number of hydrogen-bond donors (Lipinski definition) is 0. The van der Waals surface area contributed by atoms with Crippen LogP contribution in [0, 0.1) is 6.92 Å². The molecule has 1 heterocycles. The molecule has 0 atom stereocenters. The molecular formula is C14H13Cl3N2O. The first-order valence-corrected chi connectivity index (χ1v) is 7.30. The monoisotopic (exact) mass is 330 g/mol. The van der Waals surface area contributed by atoms with E-state index in [2.05, 4.69) is 9.97 Å². The Kier molecular flexibility index (Phi) is 5.08. The molecule has 3 nitrogen and oxygen atoms in total. The van der Waals surface area contributed by atoms with Gasteiger partial charge in [-0.15, -0.1) is 0 Å². The lowest BCUT2D eigenvalue weighted by molar-refractivity contribution is 0.454. The molecule has 2 aromatic rings. The first-order chi connectivity index (χ1) is 9.49. The molecule has 0 N–H and O–H groups in total. The molecule has 0 aliphatic carbocycles. The summed E-state index contributed by atoms with van der Waals surface area (Å²) < 4.78 is 5.73. The van der Waals surface area contributed by atoms with E-state index in [1.807, 2.05) is 6.92 Å². The van der Waals surface area contributed by atoms with Gasteiger partial charge < -0.3 is 4.74 Å². The lowest BCUT2D eigenvalue weighted by Crippen LogP contribution is -2.01. The van der Waals surface area contributed by atoms with E-state index in [1.54, 1.807) is 25.1 Å². The Morgan fingerprint density at radius 1 is 1.05 bits per heavy atom. The Bertz CT molecular complexity index is 612. The Balaban J connectivity index is 2.36. The van der Waals surface area contributed by atoms with E-state index in [1.165, 1.54) is 0 Å². The number of aryl methyl sites for hydroxylation is 1. The largest absolute Gasteiger partial charge is 0.438 e. The molecule has 0 saturated heterocycles. The highest BCUT2D eigenvalue weighted by Crippen LogP contribution is 2.30. The summed E-state index contributed by atoms with van der Waals surface area (Å²) in [5.74, 6) is 1.60. The highest BCUT2D eigenvalue weighted by molar-refractivity contribution is 6.34. The maximum Gasteiger partial charge on any atom is 0.226 e. The van der Waals surface area contributed by atoms with Crippen molar-refractivity contribution in [1.29, 1.82) is 0 Å². The summed E-state index contributed by atoms with van der Waals surface area (Å²) in [5.41, 5.74) is 0.683. The molecule has 0 unspecified atom stereocenters. The van der Waals surface area contributed by atoms with Gasteiger partial charge in [0.25, 0.3) is 0 Å². The van der Waals surface area contributed by atoms with E-state index in [4.69, 9.17) is 39.5 Å². The molecule has 0 saturated carbocycles. The van der Waals surface area contributed by atoms with Gasteiger partial charge in [0.2, 0.25) is 5.88 Å². The summed E-state index contributed by atoms with van der Waals surface area (Å²) >= 11 is 18.0. The first kappa shape index (κ1) is 15.4. The van der Waals surface area contributed by atoms with Crippen molar-refractivity contribution >= 4 is 34.8 Å². The van der Waals surface area contributed by atoms with Crippen molar-refractivity contribution in [1.82, 2.24) is 9.97 Å². The number of benzene rings is 1. The Morgan fingerprint density at radius 2 is 1.70 bits per heavy atom. The number of nitrogens with zero attached hydrogens (tertiary/aromatic N) is 2. The van der Waals surface area contributed by atoms with Crippen molar-refractivity contribution < 1.29 is 4.74 Å². The van der Waals surface area contributed by atoms with Crippen molar-refractivity contribution in [2.45, 2.75) is 26.7 Å². The van der Waals surface area contributed by atoms with Crippen LogP contribution in [0.15, 0.2) is 18.2 Å². The maximum atomic E-state index is 6.10. The van der Waals surface area contributed by atoms with Gasteiger partial charge in [-0.2, -0.15) is 4.98 Å². The fourth-order valence-corrected chi connectivity index (χ4v) is 2.33. The molecule has 0 radical (unpaired) electrons. The second-order valence-corrected chi connectivity index (χ2v) is 5.55. The van der Waals surface area contributed by atoms with Gasteiger partial charge in [-0.1, -0.05) is 41.7 Å². The topological polar surface area (TPSA) is 35.0 Å². The maximum absolute atomic E-state index is 6.10. The van der Waals surface area contributed by atoms with Crippen molar-refractivity contribution in [3.63, 3.8) is 0 Å². The average Bonchev–Trinajstić information content (AvgIpc) is 2.34. The summed E-state index contributed by atoms with van der Waals surface area (Å²) in [6, 6.07) is 4.98. The molecule has 20 heavy (non-hydrogen) atoms. The molecule has 0 aliphatic rings. The van der Waals surface area contributed by atoms with Crippen LogP contribution in [0.3, 0.4) is 0 Å². The predicted molar refractivity (Wildman–Crippen MR) is 82.3 cm³/mol. The van der Waals surface area contributed by atoms with Gasteiger partial charge in [0.1, 0.15) is 16.7 Å². The third-order valence-corrected chi connectivity index (χ3v) is 3.42. The summed E-state index contributed by atoms with van der Waals surface area (Å²) in [5, 5.41) is 1.39. The van der Waals surface area contributed by atoms with Crippen molar-refractivity contribution in [2.24, 2.45) is 0 Å². The van der Waals surface area contributed by atoms with Gasteiger partial charge in [0.15, 0.2) is 0 Å². The third kappa shape index (κ3) is 3.75.